The Kier molecular flexibility index (Phi) is 15.2. The van der Waals surface area contributed by atoms with E-state index in [9.17, 15) is 33.9 Å². The Morgan fingerprint density at radius 1 is 0.863 bits per heavy atom. The molecule has 15 nitrogen and oxygen atoms in total. The number of ether oxygens (including phenoxy) is 4. The second-order valence-electron chi connectivity index (χ2n) is 12.9. The van der Waals surface area contributed by atoms with Gasteiger partial charge in [-0.25, -0.2) is 14.4 Å². The van der Waals surface area contributed by atoms with E-state index in [1.807, 2.05) is 32.9 Å². The summed E-state index contributed by atoms with van der Waals surface area (Å²) in [5.41, 5.74) is 5.39. The number of benzene rings is 2. The second-order valence-corrected chi connectivity index (χ2v) is 12.9. The molecule has 4 amide bonds. The van der Waals surface area contributed by atoms with E-state index in [4.69, 9.17) is 24.7 Å². The van der Waals surface area contributed by atoms with Gasteiger partial charge in [-0.15, -0.1) is 0 Å². The van der Waals surface area contributed by atoms with E-state index in [1.54, 1.807) is 42.5 Å². The molecular weight excluding hydrogens is 664 g/mol. The average molecular weight is 713 g/mol. The van der Waals surface area contributed by atoms with Crippen LogP contribution in [0.25, 0.3) is 0 Å². The van der Waals surface area contributed by atoms with Gasteiger partial charge in [0.25, 0.3) is 5.91 Å². The number of nitrogens with zero attached hydrogens (tertiary/aromatic N) is 1. The molecule has 3 rings (SSSR count). The highest BCUT2D eigenvalue weighted by Gasteiger charge is 2.45. The number of aryl methyl sites for hydroxylation is 1. The van der Waals surface area contributed by atoms with Gasteiger partial charge >= 0.3 is 18.0 Å². The number of hydrogen-bond donors (Lipinski definition) is 4. The van der Waals surface area contributed by atoms with E-state index in [0.29, 0.717) is 11.5 Å². The minimum absolute atomic E-state index is 0.0516. The van der Waals surface area contributed by atoms with Gasteiger partial charge in [-0.2, -0.15) is 0 Å². The Morgan fingerprint density at radius 2 is 1.47 bits per heavy atom. The van der Waals surface area contributed by atoms with Crippen LogP contribution in [0.4, 0.5) is 4.79 Å². The highest BCUT2D eigenvalue weighted by molar-refractivity contribution is 5.91. The van der Waals surface area contributed by atoms with Crippen LogP contribution in [0.15, 0.2) is 54.6 Å². The minimum atomic E-state index is -1.42. The average Bonchev–Trinajstić information content (AvgIpc) is 3.09. The number of hydrogen-bond acceptors (Lipinski definition) is 11. The van der Waals surface area contributed by atoms with E-state index in [-0.39, 0.29) is 57.9 Å². The lowest BCUT2D eigenvalue weighted by molar-refractivity contribution is -0.159. The lowest BCUT2D eigenvalue weighted by atomic mass is 9.73. The summed E-state index contributed by atoms with van der Waals surface area (Å²) in [4.78, 5) is 78.9. The summed E-state index contributed by atoms with van der Waals surface area (Å²) in [5.74, 6) is -3.07. The molecule has 3 atom stereocenters. The molecule has 278 valence electrons. The third-order valence-corrected chi connectivity index (χ3v) is 8.37. The van der Waals surface area contributed by atoms with Crippen molar-refractivity contribution in [3.05, 3.63) is 60.2 Å². The van der Waals surface area contributed by atoms with Gasteiger partial charge in [0.05, 0.1) is 5.41 Å². The van der Waals surface area contributed by atoms with Gasteiger partial charge in [0.1, 0.15) is 42.9 Å². The Hall–Kier alpha value is -5.18. The van der Waals surface area contributed by atoms with Crippen molar-refractivity contribution in [1.82, 2.24) is 15.5 Å². The van der Waals surface area contributed by atoms with Crippen molar-refractivity contribution in [2.24, 2.45) is 17.1 Å². The molecule has 0 radical (unpaired) electrons. The van der Waals surface area contributed by atoms with Crippen LogP contribution in [0.5, 0.6) is 11.5 Å². The zero-order chi connectivity index (χ0) is 37.6. The van der Waals surface area contributed by atoms with Crippen LogP contribution in [0.1, 0.15) is 52.0 Å². The fraction of sp³-hybridized carbons (Fsp3) is 0.500. The third-order valence-electron chi connectivity index (χ3n) is 8.37. The van der Waals surface area contributed by atoms with Crippen molar-refractivity contribution >= 4 is 35.8 Å². The molecule has 1 fully saturated rings. The lowest BCUT2D eigenvalue weighted by Gasteiger charge is -2.40. The Labute approximate surface area is 297 Å². The molecule has 1 aliphatic heterocycles. The van der Waals surface area contributed by atoms with Crippen LogP contribution in [0.2, 0.25) is 0 Å². The molecule has 1 aliphatic rings. The van der Waals surface area contributed by atoms with Crippen molar-refractivity contribution < 1.29 is 52.8 Å². The quantitative estimate of drug-likeness (QED) is 0.138. The summed E-state index contributed by atoms with van der Waals surface area (Å²) in [6.07, 6.45) is -1.96. The monoisotopic (exact) mass is 712 g/mol. The molecule has 0 saturated carbocycles. The molecule has 0 aliphatic carbocycles. The van der Waals surface area contributed by atoms with Gasteiger partial charge in [-0.05, 0) is 69.2 Å². The van der Waals surface area contributed by atoms with E-state index < -0.39 is 66.0 Å². The van der Waals surface area contributed by atoms with Gasteiger partial charge < -0.3 is 45.3 Å². The van der Waals surface area contributed by atoms with E-state index in [1.165, 1.54) is 11.8 Å². The molecule has 0 aromatic heterocycles. The highest BCUT2D eigenvalue weighted by atomic mass is 16.6. The zero-order valence-corrected chi connectivity index (χ0v) is 29.4. The number of primary amides is 1. The number of nitrogens with two attached hydrogens (primary N) is 1. The molecule has 0 unspecified atom stereocenters. The number of nitrogens with one attached hydrogen (secondary N) is 2. The van der Waals surface area contributed by atoms with Crippen molar-refractivity contribution in [2.75, 3.05) is 32.9 Å². The van der Waals surface area contributed by atoms with E-state index >= 15 is 0 Å². The Bertz CT molecular complexity index is 1510. The predicted octanol–water partition coefficient (Wildman–Crippen LogP) is 2.01. The first-order valence-electron chi connectivity index (χ1n) is 16.8. The molecule has 0 spiro atoms. The Morgan fingerprint density at radius 3 is 2.06 bits per heavy atom. The largest absolute Gasteiger partial charge is 0.484 e. The number of piperidine rings is 1. The first-order valence-corrected chi connectivity index (χ1v) is 16.8. The van der Waals surface area contributed by atoms with Crippen molar-refractivity contribution in [3.8, 4) is 11.5 Å². The van der Waals surface area contributed by atoms with Gasteiger partial charge in [-0.1, -0.05) is 50.2 Å². The number of rotatable bonds is 17. The standard InChI is InChI=1S/C36H48N4O11/c1-23(2)20-27(38-30(42)22-50-29-13-9-8-10-24(29)3)31(43)39-28(33(45)49-19-18-48-32(44)25(4)41)21-36(34(37)46)14-16-40(17-15-36)35(47)51-26-11-6-5-7-12-26/h5-13,23,25,27-28,41H,14-22H2,1-4H3,(H2,37,46)(H,38,42)(H,39,43)/t25-,27+,28+/m1/s1. The zero-order valence-electron chi connectivity index (χ0n) is 29.4. The molecule has 15 heteroatoms. The normalized spacial score (nSPS) is 15.5. The number of aliphatic hydroxyl groups excluding tert-OH is 1. The SMILES string of the molecule is Cc1ccccc1OCC(=O)N[C@@H](CC(C)C)C(=O)N[C@@H](CC1(C(N)=O)CCN(C(=O)Oc2ccccc2)CC1)C(=O)OCCOC(=O)[C@@H](C)O. The first kappa shape index (κ1) is 40.3. The van der Waals surface area contributed by atoms with E-state index in [0.717, 1.165) is 5.56 Å². The summed E-state index contributed by atoms with van der Waals surface area (Å²) in [6.45, 7) is 5.77. The summed E-state index contributed by atoms with van der Waals surface area (Å²) in [5, 5.41) is 14.7. The first-order chi connectivity index (χ1) is 24.2. The van der Waals surface area contributed by atoms with Crippen molar-refractivity contribution in [2.45, 2.75) is 71.6 Å². The molecule has 1 saturated heterocycles. The molecular formula is C36H48N4O11. The lowest BCUT2D eigenvalue weighted by Crippen LogP contribution is -2.57. The topological polar surface area (TPSA) is 213 Å². The molecule has 0 bridgehead atoms. The second kappa shape index (κ2) is 19.3. The fourth-order valence-corrected chi connectivity index (χ4v) is 5.48. The van der Waals surface area contributed by atoms with Gasteiger partial charge in [0.2, 0.25) is 11.8 Å². The number of para-hydroxylation sites is 2. The number of aliphatic hydroxyl groups is 1. The van der Waals surface area contributed by atoms with Crippen molar-refractivity contribution in [3.63, 3.8) is 0 Å². The maximum absolute atomic E-state index is 13.7. The number of likely N-dealkylation sites (tertiary alicyclic amines) is 1. The third kappa shape index (κ3) is 12.6. The van der Waals surface area contributed by atoms with Gasteiger partial charge in [0.15, 0.2) is 6.61 Å². The van der Waals surface area contributed by atoms with Crippen LogP contribution in [-0.2, 0) is 33.4 Å². The van der Waals surface area contributed by atoms with Crippen LogP contribution < -0.4 is 25.8 Å². The van der Waals surface area contributed by atoms with Gasteiger partial charge in [0, 0.05) is 13.1 Å². The van der Waals surface area contributed by atoms with E-state index in [2.05, 4.69) is 10.6 Å². The Balaban J connectivity index is 1.75. The smallest absolute Gasteiger partial charge is 0.415 e. The highest BCUT2D eigenvalue weighted by Crippen LogP contribution is 2.37. The number of carbonyl (C=O) groups excluding carboxylic acids is 6. The summed E-state index contributed by atoms with van der Waals surface area (Å²) in [6, 6.07) is 13.1. The molecule has 2 aromatic carbocycles. The molecule has 5 N–H and O–H groups in total. The van der Waals surface area contributed by atoms with Crippen LogP contribution in [0.3, 0.4) is 0 Å². The maximum Gasteiger partial charge on any atom is 0.415 e. The maximum atomic E-state index is 13.7. The predicted molar refractivity (Wildman–Crippen MR) is 183 cm³/mol. The fourth-order valence-electron chi connectivity index (χ4n) is 5.48. The molecule has 2 aromatic rings. The van der Waals surface area contributed by atoms with Crippen LogP contribution in [-0.4, -0.2) is 96.9 Å². The summed E-state index contributed by atoms with van der Waals surface area (Å²) < 4.78 is 21.2. The number of carbonyl (C=O) groups is 6. The summed E-state index contributed by atoms with van der Waals surface area (Å²) >= 11 is 0. The van der Waals surface area contributed by atoms with Crippen LogP contribution >= 0.6 is 0 Å². The van der Waals surface area contributed by atoms with Crippen molar-refractivity contribution in [1.29, 1.82) is 0 Å². The molecule has 1 heterocycles. The molecule has 51 heavy (non-hydrogen) atoms. The number of amides is 4. The van der Waals surface area contributed by atoms with Gasteiger partial charge in [-0.3, -0.25) is 14.4 Å². The number of esters is 2. The minimum Gasteiger partial charge on any atom is -0.484 e. The van der Waals surface area contributed by atoms with Crippen LogP contribution in [0, 0.1) is 18.3 Å². The summed E-state index contributed by atoms with van der Waals surface area (Å²) in [7, 11) is 0.